The molecule has 0 unspecified atom stereocenters. The van der Waals surface area contributed by atoms with Crippen LogP contribution in [0.3, 0.4) is 0 Å². The molecule has 2 aromatic rings. The number of aromatic nitrogens is 2. The lowest BCUT2D eigenvalue weighted by atomic mass is 9.53. The molecule has 0 amide bonds. The molecule has 2 fully saturated rings. The monoisotopic (exact) mass is 807 g/mol. The van der Waals surface area contributed by atoms with Crippen LogP contribution >= 0.6 is 0 Å². The van der Waals surface area contributed by atoms with Crippen molar-refractivity contribution < 1.29 is 57.9 Å². The van der Waals surface area contributed by atoms with Crippen LogP contribution in [0.5, 0.6) is 0 Å². The number of rotatable bonds is 17. The number of carboxylic acid groups (broad SMARTS) is 1. The second kappa shape index (κ2) is 16.7. The number of carbonyl (C=O) groups is 5. The van der Waals surface area contributed by atoms with Gasteiger partial charge in [0.05, 0.1) is 28.2 Å². The second-order valence-corrected chi connectivity index (χ2v) is 16.0. The van der Waals surface area contributed by atoms with Gasteiger partial charge in [-0.1, -0.05) is 13.3 Å². The van der Waals surface area contributed by atoms with E-state index >= 15 is 0 Å². The van der Waals surface area contributed by atoms with Gasteiger partial charge in [0.2, 0.25) is 11.3 Å². The van der Waals surface area contributed by atoms with Gasteiger partial charge in [0, 0.05) is 94.7 Å². The highest BCUT2D eigenvalue weighted by molar-refractivity contribution is 6.14. The molecule has 4 aliphatic rings. The Balaban J connectivity index is 1.26. The number of aliphatic hydroxyl groups is 1. The van der Waals surface area contributed by atoms with E-state index in [-0.39, 0.29) is 71.5 Å². The summed E-state index contributed by atoms with van der Waals surface area (Å²) in [6.07, 6.45) is 2.71. The van der Waals surface area contributed by atoms with Crippen LogP contribution in [-0.2, 0) is 38.2 Å². The summed E-state index contributed by atoms with van der Waals surface area (Å²) in [4.78, 5) is 80.7. The number of unbranched alkanes of at least 4 members (excludes halogenated alkanes) is 3. The lowest BCUT2D eigenvalue weighted by molar-refractivity contribution is -0.383. The van der Waals surface area contributed by atoms with E-state index < -0.39 is 63.3 Å². The third-order valence-corrected chi connectivity index (χ3v) is 12.2. The summed E-state index contributed by atoms with van der Waals surface area (Å²) < 4.78 is 22.6. The number of allylic oxidation sites excluding steroid dienone is 1. The zero-order valence-electron chi connectivity index (χ0n) is 33.3. The number of anilines is 1. The SMILES string of the molecule is COC[C@H]1OC(=O)/C(=C\N(C)CCCCCC(=O)O)C2=C(O)C(=O)C3=C([C@H](OC(=O)CCCCN(C)c4ccc([N+](=O)[O-])c5nonc45)C[C@]4(C)C(=O)CC[C@@H]34)[C@]21C. The van der Waals surface area contributed by atoms with E-state index in [0.717, 1.165) is 0 Å². The van der Waals surface area contributed by atoms with Crippen LogP contribution in [0.4, 0.5) is 11.4 Å². The van der Waals surface area contributed by atoms with Gasteiger partial charge in [0.15, 0.2) is 11.3 Å². The number of nitrogens with zero attached hydrogens (tertiary/aromatic N) is 5. The number of esters is 2. The van der Waals surface area contributed by atoms with Gasteiger partial charge in [-0.2, -0.15) is 0 Å². The van der Waals surface area contributed by atoms with E-state index in [1.54, 1.807) is 38.9 Å². The molecule has 18 nitrogen and oxygen atoms in total. The first kappa shape index (κ1) is 42.0. The van der Waals surface area contributed by atoms with E-state index in [2.05, 4.69) is 10.3 Å². The molecule has 58 heavy (non-hydrogen) atoms. The van der Waals surface area contributed by atoms with Gasteiger partial charge >= 0.3 is 23.6 Å². The number of carboxylic acids is 1. The minimum Gasteiger partial charge on any atom is -0.504 e. The first-order chi connectivity index (χ1) is 27.5. The van der Waals surface area contributed by atoms with Crippen LogP contribution in [0.2, 0.25) is 0 Å². The van der Waals surface area contributed by atoms with E-state index in [0.29, 0.717) is 62.9 Å². The topological polar surface area (TPSA) is 242 Å². The summed E-state index contributed by atoms with van der Waals surface area (Å²) >= 11 is 0. The predicted octanol–water partition coefficient (Wildman–Crippen LogP) is 4.77. The number of cyclic esters (lactones) is 1. The third-order valence-electron chi connectivity index (χ3n) is 12.2. The minimum absolute atomic E-state index is 0.0142. The molecule has 5 atom stereocenters. The number of Topliss-reactive ketones (excluding diaryl/α,β-unsaturated/α-hetero) is 2. The zero-order chi connectivity index (χ0) is 42.1. The van der Waals surface area contributed by atoms with Crippen molar-refractivity contribution in [3.63, 3.8) is 0 Å². The van der Waals surface area contributed by atoms with Crippen molar-refractivity contribution in [2.45, 2.75) is 90.3 Å². The Morgan fingerprint density at radius 2 is 1.76 bits per heavy atom. The Hall–Kier alpha value is -5.65. The van der Waals surface area contributed by atoms with Gasteiger partial charge < -0.3 is 34.2 Å². The quantitative estimate of drug-likeness (QED) is 0.0719. The first-order valence-electron chi connectivity index (χ1n) is 19.4. The van der Waals surface area contributed by atoms with Crippen molar-refractivity contribution in [1.82, 2.24) is 15.2 Å². The Morgan fingerprint density at radius 3 is 2.47 bits per heavy atom. The fourth-order valence-electron chi connectivity index (χ4n) is 9.23. The molecule has 1 aromatic carbocycles. The molecule has 1 saturated heterocycles. The summed E-state index contributed by atoms with van der Waals surface area (Å²) in [5.74, 6) is -4.23. The summed E-state index contributed by atoms with van der Waals surface area (Å²) in [7, 11) is 4.93. The molecule has 18 heteroatoms. The van der Waals surface area contributed by atoms with Gasteiger partial charge in [-0.3, -0.25) is 29.3 Å². The molecule has 0 radical (unpaired) electrons. The standard InChI is InChI=1S/C40H49N5O13/c1-39-19-26(56-30(49)12-8-10-18-44(4)24-14-15-25(45(53)54)35-34(24)41-58-42-35)33-31(23(39)13-16-27(39)46)36(50)37(51)32-22(20-43(3)17-9-6-7-11-29(47)48)38(52)57-28(21-55-5)40(32,33)2/h14-15,20,23,26,28,51H,6-13,16-19,21H2,1-5H3,(H,47,48)/b22-20-/t23-,26+,28+,39-,40-/m0/s1. The zero-order valence-corrected chi connectivity index (χ0v) is 33.3. The van der Waals surface area contributed by atoms with Crippen LogP contribution in [0.15, 0.2) is 51.0 Å². The van der Waals surface area contributed by atoms with E-state index in [9.17, 15) is 39.2 Å². The molecular weight excluding hydrogens is 758 g/mol. The lowest BCUT2D eigenvalue weighted by Crippen LogP contribution is -2.57. The number of ether oxygens (including phenoxy) is 3. The molecule has 2 N–H and O–H groups in total. The van der Waals surface area contributed by atoms with Crippen molar-refractivity contribution in [1.29, 1.82) is 0 Å². The Bertz CT molecular complexity index is 2120. The number of carbonyl (C=O) groups excluding carboxylic acids is 4. The highest BCUT2D eigenvalue weighted by atomic mass is 16.6. The number of nitro groups is 1. The number of hydrogen-bond acceptors (Lipinski definition) is 16. The average molecular weight is 808 g/mol. The maximum Gasteiger partial charge on any atom is 0.340 e. The number of non-ortho nitro benzene ring substituents is 1. The van der Waals surface area contributed by atoms with Gasteiger partial charge in [-0.05, 0) is 61.0 Å². The molecule has 0 bridgehead atoms. The number of aliphatic carboxylic acids is 1. The summed E-state index contributed by atoms with van der Waals surface area (Å²) in [5.41, 5.74) is -1.29. The molecule has 3 aliphatic carbocycles. The first-order valence-corrected chi connectivity index (χ1v) is 19.4. The lowest BCUT2D eigenvalue weighted by Gasteiger charge is -2.53. The number of ketones is 2. The van der Waals surface area contributed by atoms with Gasteiger partial charge in [-0.15, -0.1) is 0 Å². The Labute approximate surface area is 333 Å². The predicted molar refractivity (Wildman–Crippen MR) is 204 cm³/mol. The van der Waals surface area contributed by atoms with E-state index in [4.69, 9.17) is 23.9 Å². The summed E-state index contributed by atoms with van der Waals surface area (Å²) in [6, 6.07) is 2.88. The van der Waals surface area contributed by atoms with Gasteiger partial charge in [0.25, 0.3) is 0 Å². The highest BCUT2D eigenvalue weighted by Gasteiger charge is 2.64. The number of benzene rings is 1. The van der Waals surface area contributed by atoms with E-state index in [1.807, 2.05) is 4.90 Å². The number of aliphatic hydroxyl groups excluding tert-OH is 1. The van der Waals surface area contributed by atoms with E-state index in [1.165, 1.54) is 19.4 Å². The third kappa shape index (κ3) is 7.56. The minimum atomic E-state index is -1.40. The average Bonchev–Trinajstić information content (AvgIpc) is 3.77. The van der Waals surface area contributed by atoms with Crippen LogP contribution in [0.25, 0.3) is 11.0 Å². The number of fused-ring (bicyclic) bond motifs is 5. The smallest absolute Gasteiger partial charge is 0.340 e. The maximum absolute atomic E-state index is 14.4. The molecule has 0 spiro atoms. The number of methoxy groups -OCH3 is 1. The largest absolute Gasteiger partial charge is 0.504 e. The molecule has 312 valence electrons. The van der Waals surface area contributed by atoms with Crippen molar-refractivity contribution >= 4 is 51.9 Å². The molecule has 1 saturated carbocycles. The highest BCUT2D eigenvalue weighted by Crippen LogP contribution is 2.62. The fraction of sp³-hybridized carbons (Fsp3) is 0.575. The number of nitro benzene ring substituents is 1. The van der Waals surface area contributed by atoms with Crippen LogP contribution in [-0.4, -0.2) is 113 Å². The second-order valence-electron chi connectivity index (χ2n) is 16.0. The summed E-state index contributed by atoms with van der Waals surface area (Å²) in [6.45, 7) is 4.28. The Morgan fingerprint density at radius 1 is 1.05 bits per heavy atom. The molecule has 1 aromatic heterocycles. The van der Waals surface area contributed by atoms with Crippen molar-refractivity contribution in [2.75, 3.05) is 45.8 Å². The van der Waals surface area contributed by atoms with Crippen molar-refractivity contribution in [3.8, 4) is 0 Å². The molecule has 2 heterocycles. The summed E-state index contributed by atoms with van der Waals surface area (Å²) in [5, 5.41) is 39.8. The van der Waals surface area contributed by atoms with Crippen LogP contribution in [0, 0.1) is 26.9 Å². The molecule has 1 aliphatic heterocycles. The maximum atomic E-state index is 14.4. The van der Waals surface area contributed by atoms with Crippen molar-refractivity contribution in [2.24, 2.45) is 16.7 Å². The Kier molecular flexibility index (Phi) is 12.1. The van der Waals surface area contributed by atoms with Crippen LogP contribution < -0.4 is 4.90 Å². The normalized spacial score (nSPS) is 26.1. The van der Waals surface area contributed by atoms with Crippen LogP contribution in [0.1, 0.15) is 78.1 Å². The molecular formula is C40H49N5O13. The number of hydrogen-bond donors (Lipinski definition) is 2. The van der Waals surface area contributed by atoms with Gasteiger partial charge in [0.1, 0.15) is 18.0 Å². The van der Waals surface area contributed by atoms with Crippen molar-refractivity contribution in [3.05, 3.63) is 56.5 Å². The fourth-order valence-corrected chi connectivity index (χ4v) is 9.23. The molecule has 6 rings (SSSR count). The van der Waals surface area contributed by atoms with Gasteiger partial charge in [-0.25, -0.2) is 9.42 Å².